The number of aliphatic carboxylic acids is 1. The molecule has 24 heavy (non-hydrogen) atoms. The fourth-order valence-corrected chi connectivity index (χ4v) is 2.33. The molecule has 1 fully saturated rings. The van der Waals surface area contributed by atoms with Gasteiger partial charge in [-0.3, -0.25) is 0 Å². The second kappa shape index (κ2) is 8.49. The molecule has 0 amide bonds. The van der Waals surface area contributed by atoms with Crippen molar-refractivity contribution in [1.29, 1.82) is 0 Å². The van der Waals surface area contributed by atoms with Gasteiger partial charge in [0.25, 0.3) is 0 Å². The van der Waals surface area contributed by atoms with Crippen LogP contribution in [0.2, 0.25) is 0 Å². The predicted molar refractivity (Wildman–Crippen MR) is 86.5 cm³/mol. The Morgan fingerprint density at radius 3 is 2.88 bits per heavy atom. The zero-order valence-electron chi connectivity index (χ0n) is 13.9. The average molecular weight is 337 g/mol. The molecule has 0 aliphatic carbocycles. The third-order valence-corrected chi connectivity index (χ3v) is 3.90. The molecule has 1 unspecified atom stereocenters. The standard InChI is InChI=1S/C16H23N3O5/c1-3-11(2)24-16(22)13(15(20)21)10-17-14-4-7-18-19(14)12-5-8-23-9-6-12/h4,7,10-12,17H,3,5-6,8-9H2,1-2H3,(H,20,21). The fraction of sp³-hybridized carbons (Fsp3) is 0.562. The Hall–Kier alpha value is -2.35. The Kier molecular flexibility index (Phi) is 6.36. The minimum absolute atomic E-state index is 0.185. The number of carboxylic acids is 1. The first-order valence-electron chi connectivity index (χ1n) is 8.05. The van der Waals surface area contributed by atoms with Crippen molar-refractivity contribution < 1.29 is 24.2 Å². The minimum Gasteiger partial charge on any atom is -0.477 e. The van der Waals surface area contributed by atoms with Crippen LogP contribution in [0.15, 0.2) is 24.0 Å². The highest BCUT2D eigenvalue weighted by atomic mass is 16.5. The molecule has 1 aromatic rings. The van der Waals surface area contributed by atoms with Gasteiger partial charge in [0.05, 0.1) is 18.3 Å². The normalized spacial score (nSPS) is 17.3. The molecule has 2 N–H and O–H groups in total. The molecule has 1 aliphatic heterocycles. The van der Waals surface area contributed by atoms with Gasteiger partial charge >= 0.3 is 11.9 Å². The molecule has 0 spiro atoms. The van der Waals surface area contributed by atoms with Gasteiger partial charge in [0.2, 0.25) is 0 Å². The van der Waals surface area contributed by atoms with Crippen LogP contribution in [0.25, 0.3) is 0 Å². The van der Waals surface area contributed by atoms with E-state index in [0.29, 0.717) is 25.5 Å². The first-order valence-corrected chi connectivity index (χ1v) is 8.05. The lowest BCUT2D eigenvalue weighted by molar-refractivity contribution is -0.147. The van der Waals surface area contributed by atoms with E-state index in [1.165, 1.54) is 0 Å². The highest BCUT2D eigenvalue weighted by Crippen LogP contribution is 2.24. The second-order valence-corrected chi connectivity index (χ2v) is 5.64. The van der Waals surface area contributed by atoms with Crippen LogP contribution >= 0.6 is 0 Å². The topological polar surface area (TPSA) is 103 Å². The van der Waals surface area contributed by atoms with E-state index >= 15 is 0 Å². The van der Waals surface area contributed by atoms with E-state index in [4.69, 9.17) is 9.47 Å². The average Bonchev–Trinajstić information content (AvgIpc) is 3.04. The molecule has 1 aliphatic rings. The smallest absolute Gasteiger partial charge is 0.347 e. The SMILES string of the molecule is CCC(C)OC(=O)C(=CNc1ccnn1C1CCOCC1)C(=O)O. The summed E-state index contributed by atoms with van der Waals surface area (Å²) in [4.78, 5) is 23.3. The van der Waals surface area contributed by atoms with Crippen molar-refractivity contribution in [3.05, 3.63) is 24.0 Å². The quantitative estimate of drug-likeness (QED) is 0.339. The molecule has 132 valence electrons. The summed E-state index contributed by atoms with van der Waals surface area (Å²) in [5.41, 5.74) is -0.449. The Morgan fingerprint density at radius 2 is 2.25 bits per heavy atom. The van der Waals surface area contributed by atoms with Crippen molar-refractivity contribution in [3.63, 3.8) is 0 Å². The Morgan fingerprint density at radius 1 is 1.54 bits per heavy atom. The first kappa shape index (κ1) is 18.0. The van der Waals surface area contributed by atoms with E-state index in [0.717, 1.165) is 19.0 Å². The number of ether oxygens (including phenoxy) is 2. The zero-order chi connectivity index (χ0) is 17.5. The molecule has 1 aromatic heterocycles. The van der Waals surface area contributed by atoms with Crippen LogP contribution in [0.1, 0.15) is 39.2 Å². The molecule has 1 atom stereocenters. The maximum absolute atomic E-state index is 11.9. The lowest BCUT2D eigenvalue weighted by atomic mass is 10.1. The number of rotatable bonds is 7. The highest BCUT2D eigenvalue weighted by Gasteiger charge is 2.22. The number of anilines is 1. The Labute approximate surface area is 140 Å². The van der Waals surface area contributed by atoms with E-state index in [9.17, 15) is 14.7 Å². The summed E-state index contributed by atoms with van der Waals surface area (Å²) < 4.78 is 12.2. The summed E-state index contributed by atoms with van der Waals surface area (Å²) >= 11 is 0. The Balaban J connectivity index is 2.10. The van der Waals surface area contributed by atoms with Gasteiger partial charge < -0.3 is 19.9 Å². The summed E-state index contributed by atoms with van der Waals surface area (Å²) in [5, 5.41) is 16.4. The molecule has 8 heteroatoms. The highest BCUT2D eigenvalue weighted by molar-refractivity contribution is 6.13. The number of carboxylic acid groups (broad SMARTS) is 1. The molecular formula is C16H23N3O5. The minimum atomic E-state index is -1.34. The summed E-state index contributed by atoms with van der Waals surface area (Å²) in [5.74, 6) is -1.58. The van der Waals surface area contributed by atoms with Crippen molar-refractivity contribution in [1.82, 2.24) is 9.78 Å². The maximum atomic E-state index is 11.9. The van der Waals surface area contributed by atoms with Crippen LogP contribution in [0, 0.1) is 0 Å². The number of hydrogen-bond donors (Lipinski definition) is 2. The van der Waals surface area contributed by atoms with Crippen LogP contribution in [0.3, 0.4) is 0 Å². The van der Waals surface area contributed by atoms with Crippen LogP contribution in [0.5, 0.6) is 0 Å². The van der Waals surface area contributed by atoms with Crippen LogP contribution in [0.4, 0.5) is 5.82 Å². The first-order chi connectivity index (χ1) is 11.5. The van der Waals surface area contributed by atoms with Crippen molar-refractivity contribution in [2.24, 2.45) is 0 Å². The van der Waals surface area contributed by atoms with Gasteiger partial charge in [-0.15, -0.1) is 0 Å². The molecule has 2 rings (SSSR count). The van der Waals surface area contributed by atoms with Crippen LogP contribution in [-0.2, 0) is 19.1 Å². The van der Waals surface area contributed by atoms with Crippen molar-refractivity contribution >= 4 is 17.8 Å². The molecule has 0 radical (unpaired) electrons. The van der Waals surface area contributed by atoms with Crippen molar-refractivity contribution in [3.8, 4) is 0 Å². The van der Waals surface area contributed by atoms with Gasteiger partial charge in [0.1, 0.15) is 5.82 Å². The van der Waals surface area contributed by atoms with Crippen molar-refractivity contribution in [2.45, 2.75) is 45.3 Å². The van der Waals surface area contributed by atoms with Crippen molar-refractivity contribution in [2.75, 3.05) is 18.5 Å². The lowest BCUT2D eigenvalue weighted by Crippen LogP contribution is -2.23. The fourth-order valence-electron chi connectivity index (χ4n) is 2.33. The molecule has 8 nitrogen and oxygen atoms in total. The van der Waals surface area contributed by atoms with Gasteiger partial charge in [-0.1, -0.05) is 6.92 Å². The van der Waals surface area contributed by atoms with Gasteiger partial charge in [-0.2, -0.15) is 5.10 Å². The molecular weight excluding hydrogens is 314 g/mol. The van der Waals surface area contributed by atoms with E-state index in [-0.39, 0.29) is 12.1 Å². The summed E-state index contributed by atoms with van der Waals surface area (Å²) in [6.45, 7) is 4.90. The largest absolute Gasteiger partial charge is 0.477 e. The molecule has 0 saturated carbocycles. The summed E-state index contributed by atoms with van der Waals surface area (Å²) in [7, 11) is 0. The van der Waals surface area contributed by atoms with E-state index < -0.39 is 17.5 Å². The zero-order valence-corrected chi connectivity index (χ0v) is 13.9. The summed E-state index contributed by atoms with van der Waals surface area (Å²) in [6.07, 6.45) is 4.73. The Bertz CT molecular complexity index is 605. The van der Waals surface area contributed by atoms with Gasteiger partial charge in [-0.25, -0.2) is 14.3 Å². The van der Waals surface area contributed by atoms with Crippen LogP contribution < -0.4 is 5.32 Å². The van der Waals surface area contributed by atoms with Crippen LogP contribution in [-0.4, -0.2) is 46.1 Å². The predicted octanol–water partition coefficient (Wildman–Crippen LogP) is 1.96. The number of carbonyl (C=O) groups is 2. The number of aromatic nitrogens is 2. The second-order valence-electron chi connectivity index (χ2n) is 5.64. The monoisotopic (exact) mass is 337 g/mol. The number of nitrogens with one attached hydrogen (secondary N) is 1. The van der Waals surface area contributed by atoms with Gasteiger partial charge in [0, 0.05) is 25.5 Å². The molecule has 2 heterocycles. The number of hydrogen-bond acceptors (Lipinski definition) is 6. The van der Waals surface area contributed by atoms with E-state index in [2.05, 4.69) is 10.4 Å². The molecule has 0 aromatic carbocycles. The van der Waals surface area contributed by atoms with E-state index in [1.54, 1.807) is 23.9 Å². The lowest BCUT2D eigenvalue weighted by Gasteiger charge is -2.24. The number of esters is 1. The number of carbonyl (C=O) groups excluding carboxylic acids is 1. The number of nitrogens with zero attached hydrogens (tertiary/aromatic N) is 2. The molecule has 1 saturated heterocycles. The third kappa shape index (κ3) is 4.58. The maximum Gasteiger partial charge on any atom is 0.347 e. The van der Waals surface area contributed by atoms with E-state index in [1.807, 2.05) is 6.92 Å². The summed E-state index contributed by atoms with van der Waals surface area (Å²) in [6, 6.07) is 1.91. The third-order valence-electron chi connectivity index (χ3n) is 3.90. The molecule has 0 bridgehead atoms. The van der Waals surface area contributed by atoms with Gasteiger partial charge in [0.15, 0.2) is 5.57 Å². The van der Waals surface area contributed by atoms with Gasteiger partial charge in [-0.05, 0) is 26.2 Å².